The van der Waals surface area contributed by atoms with Crippen molar-refractivity contribution >= 4 is 5.78 Å². The lowest BCUT2D eigenvalue weighted by Crippen LogP contribution is -1.98. The van der Waals surface area contributed by atoms with E-state index in [4.69, 9.17) is 9.47 Å². The van der Waals surface area contributed by atoms with Gasteiger partial charge in [0.25, 0.3) is 0 Å². The molecule has 0 radical (unpaired) electrons. The molecule has 1 aliphatic carbocycles. The molecule has 3 aromatic rings. The SMILES string of the molecule is COc1ccc(-c2cccc3c2C(=O)c2ccccc2-3)cc1OC. The number of ketones is 1. The van der Waals surface area contributed by atoms with Crippen molar-refractivity contribution in [2.24, 2.45) is 0 Å². The van der Waals surface area contributed by atoms with Crippen LogP contribution < -0.4 is 9.47 Å². The molecule has 0 saturated heterocycles. The van der Waals surface area contributed by atoms with Gasteiger partial charge in [0, 0.05) is 11.1 Å². The largest absolute Gasteiger partial charge is 0.493 e. The number of rotatable bonds is 3. The van der Waals surface area contributed by atoms with Crippen LogP contribution in [0.4, 0.5) is 0 Å². The highest BCUT2D eigenvalue weighted by Gasteiger charge is 2.29. The Labute approximate surface area is 140 Å². The number of hydrogen-bond donors (Lipinski definition) is 0. The number of carbonyl (C=O) groups is 1. The quantitative estimate of drug-likeness (QED) is 0.555. The maximum Gasteiger partial charge on any atom is 0.194 e. The number of methoxy groups -OCH3 is 2. The summed E-state index contributed by atoms with van der Waals surface area (Å²) in [6.45, 7) is 0. The third kappa shape index (κ3) is 2.02. The second-order valence-electron chi connectivity index (χ2n) is 5.67. The average molecular weight is 316 g/mol. The number of fused-ring (bicyclic) bond motifs is 3. The molecule has 0 heterocycles. The molecule has 0 amide bonds. The van der Waals surface area contributed by atoms with Crippen molar-refractivity contribution in [3.05, 3.63) is 71.8 Å². The predicted octanol–water partition coefficient (Wildman–Crippen LogP) is 4.58. The lowest BCUT2D eigenvalue weighted by molar-refractivity contribution is 0.104. The summed E-state index contributed by atoms with van der Waals surface area (Å²) < 4.78 is 10.7. The minimum Gasteiger partial charge on any atom is -0.493 e. The minimum atomic E-state index is 0.0750. The summed E-state index contributed by atoms with van der Waals surface area (Å²) in [4.78, 5) is 12.9. The molecule has 0 saturated carbocycles. The molecule has 3 nitrogen and oxygen atoms in total. The maximum absolute atomic E-state index is 12.9. The van der Waals surface area contributed by atoms with E-state index >= 15 is 0 Å². The molecule has 0 aromatic heterocycles. The molecule has 0 atom stereocenters. The Morgan fingerprint density at radius 1 is 0.667 bits per heavy atom. The van der Waals surface area contributed by atoms with Crippen molar-refractivity contribution in [2.75, 3.05) is 14.2 Å². The number of hydrogen-bond acceptors (Lipinski definition) is 3. The molecule has 0 aliphatic heterocycles. The molecule has 3 heteroatoms. The van der Waals surface area contributed by atoms with Gasteiger partial charge in [-0.1, -0.05) is 48.5 Å². The summed E-state index contributed by atoms with van der Waals surface area (Å²) in [6.07, 6.45) is 0. The standard InChI is InChI=1S/C21H16O3/c1-23-18-11-10-13(12-19(18)24-2)14-8-5-9-16-15-6-3-4-7-17(15)21(22)20(14)16/h3-12H,1-2H3. The van der Waals surface area contributed by atoms with E-state index in [-0.39, 0.29) is 5.78 Å². The third-order valence-electron chi connectivity index (χ3n) is 4.45. The van der Waals surface area contributed by atoms with Crippen LogP contribution in [0.1, 0.15) is 15.9 Å². The molecular formula is C21H16O3. The normalized spacial score (nSPS) is 11.8. The van der Waals surface area contributed by atoms with E-state index in [2.05, 4.69) is 0 Å². The molecule has 0 bridgehead atoms. The number of ether oxygens (including phenoxy) is 2. The monoisotopic (exact) mass is 316 g/mol. The van der Waals surface area contributed by atoms with Crippen molar-refractivity contribution in [1.29, 1.82) is 0 Å². The first-order valence-corrected chi connectivity index (χ1v) is 7.74. The van der Waals surface area contributed by atoms with Crippen LogP contribution in [0.5, 0.6) is 11.5 Å². The van der Waals surface area contributed by atoms with Crippen LogP contribution in [0.2, 0.25) is 0 Å². The fourth-order valence-corrected chi connectivity index (χ4v) is 3.32. The van der Waals surface area contributed by atoms with Gasteiger partial charge in [0.2, 0.25) is 0 Å². The Kier molecular flexibility index (Phi) is 3.35. The number of benzene rings is 3. The predicted molar refractivity (Wildman–Crippen MR) is 93.9 cm³/mol. The maximum atomic E-state index is 12.9. The molecule has 24 heavy (non-hydrogen) atoms. The molecule has 0 fully saturated rings. The van der Waals surface area contributed by atoms with E-state index in [1.165, 1.54) is 0 Å². The smallest absolute Gasteiger partial charge is 0.194 e. The molecule has 0 N–H and O–H groups in total. The highest BCUT2D eigenvalue weighted by Crippen LogP contribution is 2.42. The highest BCUT2D eigenvalue weighted by atomic mass is 16.5. The van der Waals surface area contributed by atoms with Gasteiger partial charge in [0.15, 0.2) is 17.3 Å². The zero-order valence-corrected chi connectivity index (χ0v) is 13.5. The summed E-state index contributed by atoms with van der Waals surface area (Å²) in [6, 6.07) is 19.4. The van der Waals surface area contributed by atoms with Crippen LogP contribution in [0.3, 0.4) is 0 Å². The van der Waals surface area contributed by atoms with Crippen molar-refractivity contribution in [3.8, 4) is 33.8 Å². The summed E-state index contributed by atoms with van der Waals surface area (Å²) in [5.74, 6) is 1.39. The Bertz CT molecular complexity index is 957. The van der Waals surface area contributed by atoms with Gasteiger partial charge in [0.1, 0.15) is 0 Å². The van der Waals surface area contributed by atoms with Gasteiger partial charge in [-0.15, -0.1) is 0 Å². The molecular weight excluding hydrogens is 300 g/mol. The Morgan fingerprint density at radius 3 is 2.08 bits per heavy atom. The number of carbonyl (C=O) groups excluding carboxylic acids is 1. The van der Waals surface area contributed by atoms with Crippen LogP contribution in [-0.2, 0) is 0 Å². The zero-order valence-electron chi connectivity index (χ0n) is 13.5. The van der Waals surface area contributed by atoms with Crippen LogP contribution >= 0.6 is 0 Å². The van der Waals surface area contributed by atoms with Crippen LogP contribution in [0.25, 0.3) is 22.3 Å². The van der Waals surface area contributed by atoms with E-state index in [1.54, 1.807) is 14.2 Å². The zero-order chi connectivity index (χ0) is 16.7. The second kappa shape index (κ2) is 5.53. The van der Waals surface area contributed by atoms with Crippen LogP contribution in [0, 0.1) is 0 Å². The first-order chi connectivity index (χ1) is 11.7. The Balaban J connectivity index is 1.93. The van der Waals surface area contributed by atoms with Gasteiger partial charge in [0.05, 0.1) is 14.2 Å². The molecule has 118 valence electrons. The van der Waals surface area contributed by atoms with E-state index in [1.807, 2.05) is 60.7 Å². The Morgan fingerprint density at radius 2 is 1.33 bits per heavy atom. The van der Waals surface area contributed by atoms with E-state index in [9.17, 15) is 4.79 Å². The topological polar surface area (TPSA) is 35.5 Å². The van der Waals surface area contributed by atoms with Gasteiger partial charge in [-0.05, 0) is 34.4 Å². The third-order valence-corrected chi connectivity index (χ3v) is 4.45. The molecule has 1 aliphatic rings. The Hall–Kier alpha value is -3.07. The van der Waals surface area contributed by atoms with Gasteiger partial charge < -0.3 is 9.47 Å². The molecule has 0 spiro atoms. The average Bonchev–Trinajstić information content (AvgIpc) is 2.94. The van der Waals surface area contributed by atoms with Crippen molar-refractivity contribution < 1.29 is 14.3 Å². The van der Waals surface area contributed by atoms with Gasteiger partial charge in [-0.2, -0.15) is 0 Å². The molecule has 4 rings (SSSR count). The summed E-state index contributed by atoms with van der Waals surface area (Å²) in [7, 11) is 3.22. The summed E-state index contributed by atoms with van der Waals surface area (Å²) >= 11 is 0. The van der Waals surface area contributed by atoms with Crippen molar-refractivity contribution in [2.45, 2.75) is 0 Å². The van der Waals surface area contributed by atoms with Crippen molar-refractivity contribution in [3.63, 3.8) is 0 Å². The summed E-state index contributed by atoms with van der Waals surface area (Å²) in [5.41, 5.74) is 5.36. The minimum absolute atomic E-state index is 0.0750. The van der Waals surface area contributed by atoms with E-state index in [0.29, 0.717) is 11.5 Å². The molecule has 0 unspecified atom stereocenters. The van der Waals surface area contributed by atoms with E-state index < -0.39 is 0 Å². The highest BCUT2D eigenvalue weighted by molar-refractivity contribution is 6.24. The van der Waals surface area contributed by atoms with E-state index in [0.717, 1.165) is 33.4 Å². The lowest BCUT2D eigenvalue weighted by Gasteiger charge is -2.12. The fourth-order valence-electron chi connectivity index (χ4n) is 3.32. The first kappa shape index (κ1) is 14.5. The van der Waals surface area contributed by atoms with Crippen LogP contribution in [0.15, 0.2) is 60.7 Å². The van der Waals surface area contributed by atoms with Gasteiger partial charge >= 0.3 is 0 Å². The summed E-state index contributed by atoms with van der Waals surface area (Å²) in [5, 5.41) is 0. The van der Waals surface area contributed by atoms with Crippen molar-refractivity contribution in [1.82, 2.24) is 0 Å². The lowest BCUT2D eigenvalue weighted by atomic mass is 9.95. The fraction of sp³-hybridized carbons (Fsp3) is 0.0952. The van der Waals surface area contributed by atoms with Gasteiger partial charge in [-0.25, -0.2) is 0 Å². The van der Waals surface area contributed by atoms with Crippen LogP contribution in [-0.4, -0.2) is 20.0 Å². The second-order valence-corrected chi connectivity index (χ2v) is 5.67. The molecule has 3 aromatic carbocycles. The van der Waals surface area contributed by atoms with Gasteiger partial charge in [-0.3, -0.25) is 4.79 Å². The first-order valence-electron chi connectivity index (χ1n) is 7.74.